The molecule has 2 amide bonds. The third kappa shape index (κ3) is 4.84. The van der Waals surface area contributed by atoms with E-state index in [1.807, 2.05) is 38.1 Å². The number of rotatable bonds is 7. The molecule has 0 aromatic carbocycles. The number of aliphatic hydroxyl groups excluding tert-OH is 1. The van der Waals surface area contributed by atoms with Crippen LogP contribution in [0.5, 0.6) is 0 Å². The van der Waals surface area contributed by atoms with E-state index in [2.05, 4.69) is 35.7 Å². The van der Waals surface area contributed by atoms with Crippen molar-refractivity contribution in [3.05, 3.63) is 48.4 Å². The predicted molar refractivity (Wildman–Crippen MR) is 116 cm³/mol. The molecule has 0 aliphatic carbocycles. The van der Waals surface area contributed by atoms with Gasteiger partial charge in [-0.1, -0.05) is 16.5 Å². The molecule has 0 fully saturated rings. The molecule has 0 spiro atoms. The number of thiazole rings is 1. The predicted octanol–water partition coefficient (Wildman–Crippen LogP) is 2.77. The van der Waals surface area contributed by atoms with E-state index in [1.54, 1.807) is 12.4 Å². The number of pyridine rings is 2. The summed E-state index contributed by atoms with van der Waals surface area (Å²) in [6.45, 7) is 3.83. The molecular formula is C20H21N7O3S. The van der Waals surface area contributed by atoms with E-state index in [0.29, 0.717) is 35.3 Å². The SMILES string of the molecule is CC(C)(CO)c1nc(CCNC(=O)Nc2nc3ccc(-c4cccnc4)nc3s2)no1. The van der Waals surface area contributed by atoms with Crippen LogP contribution in [0.15, 0.2) is 41.2 Å². The Hall–Kier alpha value is -3.44. The standard InChI is InChI=1S/C20H21N7O3S/c1-20(2,11-28)17-25-15(27-30-17)7-9-22-18(29)26-19-24-14-6-5-13(23-16(14)31-19)12-4-3-8-21-10-12/h3-6,8,10,28H,7,9,11H2,1-2H3,(H2,22,24,26,29). The largest absolute Gasteiger partial charge is 0.395 e. The Kier molecular flexibility index (Phi) is 5.87. The van der Waals surface area contributed by atoms with Crippen LogP contribution in [0.2, 0.25) is 0 Å². The lowest BCUT2D eigenvalue weighted by Gasteiger charge is -2.14. The van der Waals surface area contributed by atoms with Crippen LogP contribution < -0.4 is 10.6 Å². The summed E-state index contributed by atoms with van der Waals surface area (Å²) in [7, 11) is 0. The molecule has 31 heavy (non-hydrogen) atoms. The fourth-order valence-corrected chi connectivity index (χ4v) is 3.51. The van der Waals surface area contributed by atoms with Gasteiger partial charge in [-0.2, -0.15) is 4.98 Å². The summed E-state index contributed by atoms with van der Waals surface area (Å²) in [4.78, 5) is 30.3. The molecule has 4 heterocycles. The Morgan fingerprint density at radius 2 is 2.10 bits per heavy atom. The maximum atomic E-state index is 12.2. The van der Waals surface area contributed by atoms with Crippen LogP contribution in [0.1, 0.15) is 25.6 Å². The van der Waals surface area contributed by atoms with E-state index in [1.165, 1.54) is 11.3 Å². The van der Waals surface area contributed by atoms with Crippen LogP contribution in [0, 0.1) is 0 Å². The van der Waals surface area contributed by atoms with Gasteiger partial charge in [-0.15, -0.1) is 0 Å². The number of hydrogen-bond acceptors (Lipinski definition) is 9. The van der Waals surface area contributed by atoms with Crippen LogP contribution in [-0.4, -0.2) is 49.4 Å². The number of anilines is 1. The van der Waals surface area contributed by atoms with Crippen molar-refractivity contribution in [1.29, 1.82) is 0 Å². The third-order valence-electron chi connectivity index (χ3n) is 4.51. The fraction of sp³-hybridized carbons (Fsp3) is 0.300. The third-order valence-corrected chi connectivity index (χ3v) is 5.39. The van der Waals surface area contributed by atoms with Crippen LogP contribution in [0.4, 0.5) is 9.93 Å². The van der Waals surface area contributed by atoms with E-state index in [0.717, 1.165) is 16.1 Å². The van der Waals surface area contributed by atoms with Gasteiger partial charge in [0.25, 0.3) is 0 Å². The number of urea groups is 1. The zero-order valence-electron chi connectivity index (χ0n) is 17.0. The summed E-state index contributed by atoms with van der Waals surface area (Å²) in [5.74, 6) is 0.825. The van der Waals surface area contributed by atoms with Gasteiger partial charge in [0, 0.05) is 30.9 Å². The minimum atomic E-state index is -0.603. The van der Waals surface area contributed by atoms with Gasteiger partial charge in [-0.05, 0) is 38.1 Å². The fourth-order valence-electron chi connectivity index (χ4n) is 2.67. The first-order valence-electron chi connectivity index (χ1n) is 9.61. The van der Waals surface area contributed by atoms with Gasteiger partial charge in [0.1, 0.15) is 10.3 Å². The Morgan fingerprint density at radius 3 is 2.87 bits per heavy atom. The lowest BCUT2D eigenvalue weighted by molar-refractivity contribution is 0.182. The highest BCUT2D eigenvalue weighted by Gasteiger charge is 2.26. The minimum absolute atomic E-state index is 0.101. The summed E-state index contributed by atoms with van der Waals surface area (Å²) in [5.41, 5.74) is 1.81. The van der Waals surface area contributed by atoms with Gasteiger partial charge >= 0.3 is 6.03 Å². The molecule has 11 heteroatoms. The van der Waals surface area contributed by atoms with Crippen LogP contribution in [0.25, 0.3) is 21.6 Å². The molecule has 0 atom stereocenters. The first-order valence-corrected chi connectivity index (χ1v) is 10.4. The summed E-state index contributed by atoms with van der Waals surface area (Å²) in [6, 6.07) is 7.15. The number of carbonyl (C=O) groups is 1. The molecule has 4 rings (SSSR count). The highest BCUT2D eigenvalue weighted by molar-refractivity contribution is 7.21. The van der Waals surface area contributed by atoms with Crippen molar-refractivity contribution in [3.63, 3.8) is 0 Å². The molecule has 0 aliphatic heterocycles. The zero-order chi connectivity index (χ0) is 21.8. The summed E-state index contributed by atoms with van der Waals surface area (Å²) >= 11 is 1.29. The smallest absolute Gasteiger partial charge is 0.321 e. The molecule has 160 valence electrons. The average Bonchev–Trinajstić information content (AvgIpc) is 3.41. The topological polar surface area (TPSA) is 139 Å². The lowest BCUT2D eigenvalue weighted by Crippen LogP contribution is -2.30. The first-order chi connectivity index (χ1) is 14.9. The second kappa shape index (κ2) is 8.74. The molecule has 0 unspecified atom stereocenters. The normalized spacial score (nSPS) is 11.6. The average molecular weight is 440 g/mol. The monoisotopic (exact) mass is 439 g/mol. The molecule has 0 saturated carbocycles. The second-order valence-electron chi connectivity index (χ2n) is 7.47. The molecule has 0 saturated heterocycles. The van der Waals surface area contributed by atoms with Gasteiger partial charge < -0.3 is 14.9 Å². The molecule has 4 aromatic heterocycles. The summed E-state index contributed by atoms with van der Waals surface area (Å²) < 4.78 is 5.18. The highest BCUT2D eigenvalue weighted by Crippen LogP contribution is 2.27. The van der Waals surface area contributed by atoms with Gasteiger partial charge in [0.15, 0.2) is 11.0 Å². The Labute approximate surface area is 181 Å². The van der Waals surface area contributed by atoms with Gasteiger partial charge in [0.05, 0.1) is 17.7 Å². The molecule has 4 aromatic rings. The number of fused-ring (bicyclic) bond motifs is 1. The van der Waals surface area contributed by atoms with E-state index in [-0.39, 0.29) is 12.6 Å². The molecule has 0 bridgehead atoms. The number of hydrogen-bond donors (Lipinski definition) is 3. The van der Waals surface area contributed by atoms with E-state index >= 15 is 0 Å². The number of nitrogens with zero attached hydrogens (tertiary/aromatic N) is 5. The lowest BCUT2D eigenvalue weighted by atomic mass is 9.95. The minimum Gasteiger partial charge on any atom is -0.395 e. The van der Waals surface area contributed by atoms with Gasteiger partial charge in [0.2, 0.25) is 5.89 Å². The maximum Gasteiger partial charge on any atom is 0.321 e. The van der Waals surface area contributed by atoms with Gasteiger partial charge in [-0.25, -0.2) is 14.8 Å². The first kappa shape index (κ1) is 20.8. The zero-order valence-corrected chi connectivity index (χ0v) is 17.8. The summed E-state index contributed by atoms with van der Waals surface area (Å²) in [5, 5.41) is 19.2. The highest BCUT2D eigenvalue weighted by atomic mass is 32.1. The molecule has 3 N–H and O–H groups in total. The molecule has 10 nitrogen and oxygen atoms in total. The van der Waals surface area contributed by atoms with Crippen LogP contribution in [0.3, 0.4) is 0 Å². The molecule has 0 aliphatic rings. The second-order valence-corrected chi connectivity index (χ2v) is 8.45. The van der Waals surface area contributed by atoms with Crippen molar-refractivity contribution in [2.75, 3.05) is 18.5 Å². The number of carbonyl (C=O) groups excluding carboxylic acids is 1. The number of aliphatic hydroxyl groups is 1. The van der Waals surface area contributed by atoms with Crippen molar-refractivity contribution in [2.24, 2.45) is 0 Å². The van der Waals surface area contributed by atoms with Crippen molar-refractivity contribution in [1.82, 2.24) is 30.4 Å². The van der Waals surface area contributed by atoms with Crippen LogP contribution >= 0.6 is 11.3 Å². The Balaban J connectivity index is 1.33. The van der Waals surface area contributed by atoms with Crippen LogP contribution in [-0.2, 0) is 11.8 Å². The van der Waals surface area contributed by atoms with Crippen molar-refractivity contribution < 1.29 is 14.4 Å². The Morgan fingerprint density at radius 1 is 1.23 bits per heavy atom. The van der Waals surface area contributed by atoms with Crippen molar-refractivity contribution in [3.8, 4) is 11.3 Å². The number of amides is 2. The van der Waals surface area contributed by atoms with Crippen molar-refractivity contribution >= 4 is 32.8 Å². The number of aromatic nitrogens is 5. The van der Waals surface area contributed by atoms with Gasteiger partial charge in [-0.3, -0.25) is 10.3 Å². The quantitative estimate of drug-likeness (QED) is 0.399. The maximum absolute atomic E-state index is 12.2. The summed E-state index contributed by atoms with van der Waals surface area (Å²) in [6.07, 6.45) is 3.86. The Bertz CT molecular complexity index is 1190. The van der Waals surface area contributed by atoms with E-state index in [9.17, 15) is 9.90 Å². The molecular weight excluding hydrogens is 418 g/mol. The van der Waals surface area contributed by atoms with Crippen molar-refractivity contribution in [2.45, 2.75) is 25.7 Å². The van der Waals surface area contributed by atoms with E-state index < -0.39 is 5.41 Å². The molecule has 0 radical (unpaired) electrons. The van der Waals surface area contributed by atoms with E-state index in [4.69, 9.17) is 4.52 Å². The number of nitrogens with one attached hydrogen (secondary N) is 2.